The molecule has 0 aromatic heterocycles. The second kappa shape index (κ2) is 9.75. The number of aliphatic imine (C=N–C) groups is 1. The summed E-state index contributed by atoms with van der Waals surface area (Å²) in [6.07, 6.45) is 12.5. The summed E-state index contributed by atoms with van der Waals surface area (Å²) in [4.78, 5) is 6.80. The van der Waals surface area contributed by atoms with Gasteiger partial charge < -0.3 is 20.9 Å². The van der Waals surface area contributed by atoms with Gasteiger partial charge in [-0.05, 0) is 37.1 Å². The third kappa shape index (κ3) is 5.14. The van der Waals surface area contributed by atoms with Crippen molar-refractivity contribution in [3.8, 4) is 0 Å². The molecule has 0 amide bonds. The molecule has 150 valence electrons. The highest BCUT2D eigenvalue weighted by molar-refractivity contribution is 6.53. The summed E-state index contributed by atoms with van der Waals surface area (Å²) in [5.74, 6) is 0. The number of dihydropyridines is 1. The summed E-state index contributed by atoms with van der Waals surface area (Å²) in [5, 5.41) is 19.0. The Morgan fingerprint density at radius 2 is 2.29 bits per heavy atom. The maximum atomic E-state index is 8.08. The lowest BCUT2D eigenvalue weighted by atomic mass is 10.0. The summed E-state index contributed by atoms with van der Waals surface area (Å²) in [6, 6.07) is 0.477. The third-order valence-electron chi connectivity index (χ3n) is 4.83. The van der Waals surface area contributed by atoms with E-state index in [0.717, 1.165) is 43.9 Å². The van der Waals surface area contributed by atoms with Crippen LogP contribution in [0, 0.1) is 5.41 Å². The number of allylic oxidation sites excluding steroid dienone is 3. The van der Waals surface area contributed by atoms with Crippen LogP contribution < -0.4 is 16.0 Å². The first-order valence-corrected chi connectivity index (χ1v) is 10.2. The number of nitrogens with zero attached hydrogens (tertiary/aromatic N) is 2. The Labute approximate surface area is 172 Å². The van der Waals surface area contributed by atoms with Crippen molar-refractivity contribution in [2.75, 3.05) is 32.7 Å². The number of hydrogen-bond acceptors (Lipinski definition) is 6. The molecule has 1 saturated heterocycles. The zero-order valence-electron chi connectivity index (χ0n) is 16.6. The van der Waals surface area contributed by atoms with Crippen LogP contribution in [0.5, 0.6) is 0 Å². The molecule has 1 aliphatic carbocycles. The Hall–Kier alpha value is -2.31. The van der Waals surface area contributed by atoms with Gasteiger partial charge in [-0.1, -0.05) is 24.6 Å². The van der Waals surface area contributed by atoms with Crippen LogP contribution >= 0.6 is 11.6 Å². The second-order valence-corrected chi connectivity index (χ2v) is 7.50. The Bertz CT molecular complexity index is 787. The monoisotopic (exact) mass is 400 g/mol. The van der Waals surface area contributed by atoms with Crippen molar-refractivity contribution in [2.45, 2.75) is 26.3 Å². The third-order valence-corrected chi connectivity index (χ3v) is 5.19. The summed E-state index contributed by atoms with van der Waals surface area (Å²) in [7, 11) is 0. The van der Waals surface area contributed by atoms with Gasteiger partial charge in [-0.15, -0.1) is 0 Å². The maximum Gasteiger partial charge on any atom is 0.0883 e. The molecule has 0 radical (unpaired) electrons. The first-order valence-electron chi connectivity index (χ1n) is 9.84. The van der Waals surface area contributed by atoms with Gasteiger partial charge in [-0.2, -0.15) is 0 Å². The molecule has 1 fully saturated rings. The molecule has 2 heterocycles. The first-order chi connectivity index (χ1) is 13.6. The van der Waals surface area contributed by atoms with Crippen molar-refractivity contribution in [2.24, 2.45) is 4.99 Å². The summed E-state index contributed by atoms with van der Waals surface area (Å²) >= 11 is 6.40. The fourth-order valence-electron chi connectivity index (χ4n) is 3.37. The van der Waals surface area contributed by atoms with Crippen LogP contribution in [0.2, 0.25) is 0 Å². The van der Waals surface area contributed by atoms with Gasteiger partial charge in [-0.25, -0.2) is 0 Å². The summed E-state index contributed by atoms with van der Waals surface area (Å²) in [5.41, 5.74) is 4.20. The van der Waals surface area contributed by atoms with Crippen LogP contribution in [0.25, 0.3) is 0 Å². The Morgan fingerprint density at radius 3 is 3.07 bits per heavy atom. The molecule has 7 heteroatoms. The molecule has 4 N–H and O–H groups in total. The standard InChI is InChI=1S/C21H29ClN6/c1-3-4-6-26-19-10-16(17(22)11-18(19)23)12-27-20-13-24-7-5-21(20)28-9-8-25-15(2)14-28/h4-6,10-11,13,15,23-25,27H,3,7-9,12,14H2,1-2H3/b6-4-,23-18?,26-19?. The van der Waals surface area contributed by atoms with E-state index in [1.165, 1.54) is 5.70 Å². The van der Waals surface area contributed by atoms with E-state index in [2.05, 4.69) is 45.8 Å². The largest absolute Gasteiger partial charge is 0.386 e. The van der Waals surface area contributed by atoms with Gasteiger partial charge in [-0.3, -0.25) is 10.4 Å². The number of rotatable bonds is 6. The van der Waals surface area contributed by atoms with E-state index in [1.807, 2.05) is 18.4 Å². The fourth-order valence-corrected chi connectivity index (χ4v) is 3.60. The molecule has 28 heavy (non-hydrogen) atoms. The molecule has 1 unspecified atom stereocenters. The summed E-state index contributed by atoms with van der Waals surface area (Å²) < 4.78 is 0. The molecule has 0 saturated carbocycles. The average molecular weight is 401 g/mol. The lowest BCUT2D eigenvalue weighted by molar-refractivity contribution is 0.256. The van der Waals surface area contributed by atoms with Gasteiger partial charge in [0.1, 0.15) is 0 Å². The first kappa shape index (κ1) is 20.4. The zero-order chi connectivity index (χ0) is 19.9. The highest BCUT2D eigenvalue weighted by Gasteiger charge is 2.22. The topological polar surface area (TPSA) is 75.5 Å². The van der Waals surface area contributed by atoms with Crippen molar-refractivity contribution in [1.29, 1.82) is 5.41 Å². The minimum absolute atomic E-state index is 0.337. The van der Waals surface area contributed by atoms with Crippen LogP contribution in [0.3, 0.4) is 0 Å². The molecule has 3 rings (SSSR count). The van der Waals surface area contributed by atoms with Gasteiger partial charge >= 0.3 is 0 Å². The normalized spacial score (nSPS) is 24.5. The van der Waals surface area contributed by atoms with Gasteiger partial charge in [0.15, 0.2) is 0 Å². The van der Waals surface area contributed by atoms with Crippen molar-refractivity contribution in [3.63, 3.8) is 0 Å². The second-order valence-electron chi connectivity index (χ2n) is 7.09. The van der Waals surface area contributed by atoms with E-state index in [-0.39, 0.29) is 0 Å². The maximum absolute atomic E-state index is 8.08. The van der Waals surface area contributed by atoms with Crippen LogP contribution in [0.1, 0.15) is 20.3 Å². The molecule has 6 nitrogen and oxygen atoms in total. The van der Waals surface area contributed by atoms with Crippen LogP contribution in [0.4, 0.5) is 0 Å². The van der Waals surface area contributed by atoms with Crippen LogP contribution in [-0.4, -0.2) is 55.1 Å². The lowest BCUT2D eigenvalue weighted by Crippen LogP contribution is -2.50. The van der Waals surface area contributed by atoms with E-state index in [9.17, 15) is 0 Å². The predicted octanol–water partition coefficient (Wildman–Crippen LogP) is 2.65. The van der Waals surface area contributed by atoms with Gasteiger partial charge in [0.2, 0.25) is 0 Å². The molecular weight excluding hydrogens is 372 g/mol. The van der Waals surface area contributed by atoms with Gasteiger partial charge in [0, 0.05) is 56.2 Å². The molecule has 1 atom stereocenters. The summed E-state index contributed by atoms with van der Waals surface area (Å²) in [6.45, 7) is 8.66. The molecular formula is C21H29ClN6. The SMILES string of the molecule is CC/C=C\N=C1C=C(CNC2=CNCC=C2N2CCNC(C)C2)C(Cl)=CC1=N. The minimum atomic E-state index is 0.337. The Kier molecular flexibility index (Phi) is 7.12. The Morgan fingerprint density at radius 1 is 1.43 bits per heavy atom. The molecule has 0 spiro atoms. The van der Waals surface area contributed by atoms with E-state index in [0.29, 0.717) is 29.0 Å². The minimum Gasteiger partial charge on any atom is -0.386 e. The van der Waals surface area contributed by atoms with Crippen molar-refractivity contribution >= 4 is 23.0 Å². The molecule has 2 aliphatic heterocycles. The highest BCUT2D eigenvalue weighted by atomic mass is 35.5. The average Bonchev–Trinajstić information content (AvgIpc) is 2.69. The molecule has 0 aromatic rings. The van der Waals surface area contributed by atoms with E-state index >= 15 is 0 Å². The van der Waals surface area contributed by atoms with E-state index < -0.39 is 0 Å². The smallest absolute Gasteiger partial charge is 0.0883 e. The van der Waals surface area contributed by atoms with Gasteiger partial charge in [0.05, 0.1) is 22.8 Å². The van der Waals surface area contributed by atoms with Crippen LogP contribution in [0.15, 0.2) is 63.7 Å². The highest BCUT2D eigenvalue weighted by Crippen LogP contribution is 2.22. The van der Waals surface area contributed by atoms with Crippen LogP contribution in [-0.2, 0) is 0 Å². The quantitative estimate of drug-likeness (QED) is 0.517. The number of hydrogen-bond donors (Lipinski definition) is 4. The zero-order valence-corrected chi connectivity index (χ0v) is 17.3. The van der Waals surface area contributed by atoms with Crippen molar-refractivity contribution in [3.05, 3.63) is 58.7 Å². The molecule has 3 aliphatic rings. The van der Waals surface area contributed by atoms with E-state index in [1.54, 1.807) is 12.3 Å². The Balaban J connectivity index is 1.70. The lowest BCUT2D eigenvalue weighted by Gasteiger charge is -2.37. The van der Waals surface area contributed by atoms with Gasteiger partial charge in [0.25, 0.3) is 0 Å². The number of nitrogens with one attached hydrogen (secondary N) is 4. The van der Waals surface area contributed by atoms with Crippen molar-refractivity contribution < 1.29 is 0 Å². The molecule has 0 bridgehead atoms. The van der Waals surface area contributed by atoms with E-state index in [4.69, 9.17) is 17.0 Å². The van der Waals surface area contributed by atoms with Crippen molar-refractivity contribution in [1.82, 2.24) is 20.9 Å². The molecule has 0 aromatic carbocycles. The number of halogens is 1. The fraction of sp³-hybridized carbons (Fsp3) is 0.429. The predicted molar refractivity (Wildman–Crippen MR) is 118 cm³/mol. The number of piperazine rings is 1.